The second-order valence-corrected chi connectivity index (χ2v) is 8.11. The number of carbonyl (C=O) groups excluding carboxylic acids is 1. The summed E-state index contributed by atoms with van der Waals surface area (Å²) in [5.74, 6) is -0.000199. The van der Waals surface area contributed by atoms with Gasteiger partial charge in [-0.15, -0.1) is 11.3 Å². The molecule has 6 heteroatoms. The Morgan fingerprint density at radius 2 is 1.85 bits per heavy atom. The summed E-state index contributed by atoms with van der Waals surface area (Å²) in [6, 6.07) is 7.34. The Hall–Kier alpha value is -2.21. The van der Waals surface area contributed by atoms with E-state index >= 15 is 0 Å². The third-order valence-electron chi connectivity index (χ3n) is 5.25. The van der Waals surface area contributed by atoms with Gasteiger partial charge in [0.1, 0.15) is 6.04 Å². The molecule has 1 aliphatic heterocycles. The summed E-state index contributed by atoms with van der Waals surface area (Å²) in [5, 5.41) is 6.14. The van der Waals surface area contributed by atoms with Crippen molar-refractivity contribution in [1.29, 1.82) is 0 Å². The van der Waals surface area contributed by atoms with Gasteiger partial charge in [0.2, 0.25) is 5.91 Å². The standard InChI is InChI=1S/C20H23N3O2S/c1-13-18-17(15-9-5-6-10-16(15)26-18)20(25)23(21-13)14(2)19(24)22-11-7-3-4-8-12-22/h5-6,9-10,14H,3-4,7-8,11-12H2,1-2H3/t14-/m1/s1. The van der Waals surface area contributed by atoms with Gasteiger partial charge >= 0.3 is 0 Å². The smallest absolute Gasteiger partial charge is 0.276 e. The topological polar surface area (TPSA) is 55.2 Å². The van der Waals surface area contributed by atoms with E-state index in [-0.39, 0.29) is 11.5 Å². The van der Waals surface area contributed by atoms with Gasteiger partial charge in [0.05, 0.1) is 15.8 Å². The van der Waals surface area contributed by atoms with Crippen molar-refractivity contribution < 1.29 is 4.79 Å². The molecule has 5 nitrogen and oxygen atoms in total. The van der Waals surface area contributed by atoms with E-state index in [1.54, 1.807) is 18.3 Å². The predicted octanol–water partition coefficient (Wildman–Crippen LogP) is 3.88. The van der Waals surface area contributed by atoms with Crippen LogP contribution in [0.3, 0.4) is 0 Å². The van der Waals surface area contributed by atoms with Crippen LogP contribution in [-0.2, 0) is 4.79 Å². The fourth-order valence-electron chi connectivity index (χ4n) is 3.80. The van der Waals surface area contributed by atoms with E-state index in [9.17, 15) is 9.59 Å². The molecule has 2 aromatic heterocycles. The zero-order chi connectivity index (χ0) is 18.3. The van der Waals surface area contributed by atoms with Crippen molar-refractivity contribution in [1.82, 2.24) is 14.7 Å². The summed E-state index contributed by atoms with van der Waals surface area (Å²) in [6.07, 6.45) is 4.41. The lowest BCUT2D eigenvalue weighted by molar-refractivity contribution is -0.134. The molecule has 0 spiro atoms. The van der Waals surface area contributed by atoms with Crippen LogP contribution in [0, 0.1) is 6.92 Å². The van der Waals surface area contributed by atoms with Crippen molar-refractivity contribution in [3.63, 3.8) is 0 Å². The Kier molecular flexibility index (Phi) is 4.53. The first-order valence-corrected chi connectivity index (χ1v) is 10.1. The minimum atomic E-state index is -0.581. The maximum atomic E-state index is 13.2. The maximum Gasteiger partial charge on any atom is 0.276 e. The number of carbonyl (C=O) groups is 1. The first kappa shape index (κ1) is 17.2. The summed E-state index contributed by atoms with van der Waals surface area (Å²) < 4.78 is 3.39. The third kappa shape index (κ3) is 2.82. The first-order valence-electron chi connectivity index (χ1n) is 9.27. The van der Waals surface area contributed by atoms with Crippen LogP contribution in [0.4, 0.5) is 0 Å². The van der Waals surface area contributed by atoms with Gasteiger partial charge in [-0.05, 0) is 32.8 Å². The Morgan fingerprint density at radius 3 is 2.58 bits per heavy atom. The van der Waals surface area contributed by atoms with E-state index in [0.29, 0.717) is 5.39 Å². The fourth-order valence-corrected chi connectivity index (χ4v) is 4.94. The van der Waals surface area contributed by atoms with Gasteiger partial charge in [-0.2, -0.15) is 5.10 Å². The van der Waals surface area contributed by atoms with E-state index in [1.807, 2.05) is 36.1 Å². The molecule has 0 aliphatic carbocycles. The van der Waals surface area contributed by atoms with Crippen LogP contribution in [0.1, 0.15) is 44.3 Å². The molecule has 1 amide bonds. The van der Waals surface area contributed by atoms with Crippen LogP contribution in [0.15, 0.2) is 29.1 Å². The lowest BCUT2D eigenvalue weighted by Gasteiger charge is -2.24. The monoisotopic (exact) mass is 369 g/mol. The Morgan fingerprint density at radius 1 is 1.15 bits per heavy atom. The highest BCUT2D eigenvalue weighted by Gasteiger charge is 2.26. The number of nitrogens with zero attached hydrogens (tertiary/aromatic N) is 3. The molecule has 0 unspecified atom stereocenters. The lowest BCUT2D eigenvalue weighted by Crippen LogP contribution is -2.40. The minimum Gasteiger partial charge on any atom is -0.341 e. The summed E-state index contributed by atoms with van der Waals surface area (Å²) in [4.78, 5) is 28.1. The lowest BCUT2D eigenvalue weighted by atomic mass is 10.2. The highest BCUT2D eigenvalue weighted by atomic mass is 32.1. The number of aromatic nitrogens is 2. The molecule has 0 saturated carbocycles. The molecule has 1 aromatic carbocycles. The van der Waals surface area contributed by atoms with Gasteiger partial charge in [-0.3, -0.25) is 9.59 Å². The highest BCUT2D eigenvalue weighted by Crippen LogP contribution is 2.33. The summed E-state index contributed by atoms with van der Waals surface area (Å²) in [7, 11) is 0. The average molecular weight is 369 g/mol. The molecule has 0 radical (unpaired) electrons. The molecule has 1 atom stereocenters. The SMILES string of the molecule is Cc1nn([C@H](C)C(=O)N2CCCCCC2)c(=O)c2c1sc1ccccc12. The number of hydrogen-bond donors (Lipinski definition) is 0. The van der Waals surface area contributed by atoms with Crippen molar-refractivity contribution in [2.75, 3.05) is 13.1 Å². The van der Waals surface area contributed by atoms with E-state index in [0.717, 1.165) is 46.4 Å². The zero-order valence-electron chi connectivity index (χ0n) is 15.2. The number of aryl methyl sites for hydroxylation is 1. The molecule has 0 bridgehead atoms. The molecule has 1 saturated heterocycles. The number of rotatable bonds is 2. The molecule has 4 rings (SSSR count). The van der Waals surface area contributed by atoms with Crippen LogP contribution in [-0.4, -0.2) is 33.7 Å². The van der Waals surface area contributed by atoms with E-state index in [4.69, 9.17) is 0 Å². The number of thiophene rings is 1. The van der Waals surface area contributed by atoms with Crippen molar-refractivity contribution in [3.05, 3.63) is 40.3 Å². The molecular formula is C20H23N3O2S. The number of fused-ring (bicyclic) bond motifs is 3. The molecule has 136 valence electrons. The highest BCUT2D eigenvalue weighted by molar-refractivity contribution is 7.26. The fraction of sp³-hybridized carbons (Fsp3) is 0.450. The third-order valence-corrected chi connectivity index (χ3v) is 6.53. The summed E-state index contributed by atoms with van der Waals surface area (Å²) >= 11 is 1.59. The Balaban J connectivity index is 1.81. The Bertz CT molecular complexity index is 1030. The first-order chi connectivity index (χ1) is 12.6. The number of benzene rings is 1. The van der Waals surface area contributed by atoms with Crippen LogP contribution in [0.2, 0.25) is 0 Å². The van der Waals surface area contributed by atoms with Crippen molar-refractivity contribution in [2.24, 2.45) is 0 Å². The van der Waals surface area contributed by atoms with Crippen LogP contribution in [0.5, 0.6) is 0 Å². The van der Waals surface area contributed by atoms with Gasteiger partial charge in [0.15, 0.2) is 0 Å². The number of amides is 1. The van der Waals surface area contributed by atoms with Gasteiger partial charge in [0, 0.05) is 23.2 Å². The van der Waals surface area contributed by atoms with Crippen molar-refractivity contribution in [2.45, 2.75) is 45.6 Å². The summed E-state index contributed by atoms with van der Waals surface area (Å²) in [6.45, 7) is 5.26. The number of likely N-dealkylation sites (tertiary alicyclic amines) is 1. The van der Waals surface area contributed by atoms with Gasteiger partial charge in [0.25, 0.3) is 5.56 Å². The van der Waals surface area contributed by atoms with E-state index in [1.165, 1.54) is 17.5 Å². The van der Waals surface area contributed by atoms with Gasteiger partial charge < -0.3 is 4.90 Å². The van der Waals surface area contributed by atoms with Crippen LogP contribution >= 0.6 is 11.3 Å². The molecule has 1 aliphatic rings. The predicted molar refractivity (Wildman–Crippen MR) is 106 cm³/mol. The molecule has 26 heavy (non-hydrogen) atoms. The second kappa shape index (κ2) is 6.83. The van der Waals surface area contributed by atoms with E-state index in [2.05, 4.69) is 5.10 Å². The maximum absolute atomic E-state index is 13.2. The zero-order valence-corrected chi connectivity index (χ0v) is 16.0. The quantitative estimate of drug-likeness (QED) is 0.689. The molecule has 3 aromatic rings. The van der Waals surface area contributed by atoms with Crippen LogP contribution < -0.4 is 5.56 Å². The largest absolute Gasteiger partial charge is 0.341 e. The van der Waals surface area contributed by atoms with Crippen molar-refractivity contribution >= 4 is 37.4 Å². The second-order valence-electron chi connectivity index (χ2n) is 7.05. The normalized spacial score (nSPS) is 16.8. The average Bonchev–Trinajstić information content (AvgIpc) is 2.84. The summed E-state index contributed by atoms with van der Waals surface area (Å²) in [5.41, 5.74) is 0.634. The molecule has 3 heterocycles. The van der Waals surface area contributed by atoms with E-state index < -0.39 is 6.04 Å². The Labute approximate surface area is 156 Å². The molecule has 0 N–H and O–H groups in total. The molecular weight excluding hydrogens is 346 g/mol. The minimum absolute atomic E-state index is 0.000199. The van der Waals surface area contributed by atoms with Gasteiger partial charge in [-0.25, -0.2) is 4.68 Å². The van der Waals surface area contributed by atoms with Crippen LogP contribution in [0.25, 0.3) is 20.2 Å². The molecule has 1 fully saturated rings. The van der Waals surface area contributed by atoms with Crippen molar-refractivity contribution in [3.8, 4) is 0 Å². The number of hydrogen-bond acceptors (Lipinski definition) is 4. The van der Waals surface area contributed by atoms with Gasteiger partial charge in [-0.1, -0.05) is 31.0 Å².